The molecule has 6 nitrogen and oxygen atoms in total. The first kappa shape index (κ1) is 20.1. The normalized spacial score (nSPS) is 11.9. The highest BCUT2D eigenvalue weighted by Gasteiger charge is 2.45. The van der Waals surface area contributed by atoms with E-state index in [-0.39, 0.29) is 0 Å². The van der Waals surface area contributed by atoms with E-state index in [0.717, 1.165) is 0 Å². The molecule has 0 saturated heterocycles. The summed E-state index contributed by atoms with van der Waals surface area (Å²) in [5.74, 6) is 0.747. The number of ether oxygens (including phenoxy) is 2. The number of benzene rings is 3. The standard InChI is InChI=1S/C21H21O6P/c1-25-19-15-9-14-18(20(19)26-2)21(27-28(22,23)24,16-10-5-3-6-11-16)17-12-7-4-8-13-17/h3-15H,1-2H3,(H2,22,23,24). The van der Waals surface area contributed by atoms with Crippen LogP contribution in [0.4, 0.5) is 0 Å². The van der Waals surface area contributed by atoms with Crippen molar-refractivity contribution >= 4 is 7.82 Å². The Hall–Kier alpha value is -2.63. The molecule has 0 saturated carbocycles. The molecular weight excluding hydrogens is 379 g/mol. The molecule has 3 aromatic rings. The molecule has 0 aliphatic rings. The second-order valence-electron chi connectivity index (χ2n) is 6.04. The molecule has 0 spiro atoms. The van der Waals surface area contributed by atoms with Gasteiger partial charge in [-0.25, -0.2) is 4.57 Å². The van der Waals surface area contributed by atoms with Crippen molar-refractivity contribution in [2.75, 3.05) is 14.2 Å². The van der Waals surface area contributed by atoms with Crippen LogP contribution in [0.15, 0.2) is 78.9 Å². The van der Waals surface area contributed by atoms with Crippen molar-refractivity contribution in [2.45, 2.75) is 5.60 Å². The highest BCUT2D eigenvalue weighted by Crippen LogP contribution is 2.55. The molecule has 0 bridgehead atoms. The molecule has 0 fully saturated rings. The Labute approximate surface area is 163 Å². The number of phosphoric ester groups is 1. The summed E-state index contributed by atoms with van der Waals surface area (Å²) in [5.41, 5.74) is -0.135. The molecule has 7 heteroatoms. The summed E-state index contributed by atoms with van der Waals surface area (Å²) in [6, 6.07) is 22.9. The molecule has 0 aliphatic carbocycles. The van der Waals surface area contributed by atoms with Crippen molar-refractivity contribution in [1.29, 1.82) is 0 Å². The lowest BCUT2D eigenvalue weighted by Crippen LogP contribution is -2.32. The average molecular weight is 400 g/mol. The Morgan fingerprint density at radius 1 is 0.750 bits per heavy atom. The van der Waals surface area contributed by atoms with Crippen molar-refractivity contribution < 1.29 is 28.3 Å². The fourth-order valence-electron chi connectivity index (χ4n) is 3.32. The predicted octanol–water partition coefficient (Wildman–Crippen LogP) is 4.11. The van der Waals surface area contributed by atoms with Crippen LogP contribution in [0.2, 0.25) is 0 Å². The first-order valence-corrected chi connectivity index (χ1v) is 10.0. The summed E-state index contributed by atoms with van der Waals surface area (Å²) in [7, 11) is -1.96. The van der Waals surface area contributed by atoms with Gasteiger partial charge in [0.15, 0.2) is 17.1 Å². The first-order valence-electron chi connectivity index (χ1n) is 8.51. The zero-order valence-corrected chi connectivity index (χ0v) is 16.4. The van der Waals surface area contributed by atoms with Gasteiger partial charge < -0.3 is 19.3 Å². The van der Waals surface area contributed by atoms with Crippen molar-refractivity contribution in [1.82, 2.24) is 0 Å². The van der Waals surface area contributed by atoms with Gasteiger partial charge in [-0.1, -0.05) is 72.8 Å². The van der Waals surface area contributed by atoms with E-state index in [4.69, 9.17) is 14.0 Å². The molecule has 2 N–H and O–H groups in total. The fourth-order valence-corrected chi connectivity index (χ4v) is 3.99. The third-order valence-electron chi connectivity index (χ3n) is 4.40. The van der Waals surface area contributed by atoms with Crippen LogP contribution in [0.25, 0.3) is 0 Å². The monoisotopic (exact) mass is 400 g/mol. The lowest BCUT2D eigenvalue weighted by Gasteiger charge is -2.36. The number of hydrogen-bond acceptors (Lipinski definition) is 4. The smallest absolute Gasteiger partial charge is 0.471 e. The minimum absolute atomic E-state index is 0.325. The number of para-hydroxylation sites is 1. The maximum atomic E-state index is 12.1. The topological polar surface area (TPSA) is 85.2 Å². The summed E-state index contributed by atoms with van der Waals surface area (Å²) in [6.45, 7) is 0. The zero-order valence-electron chi connectivity index (χ0n) is 15.5. The molecule has 3 rings (SSSR count). The Morgan fingerprint density at radius 3 is 1.71 bits per heavy atom. The van der Waals surface area contributed by atoms with E-state index >= 15 is 0 Å². The first-order chi connectivity index (χ1) is 13.4. The summed E-state index contributed by atoms with van der Waals surface area (Å²) in [5, 5.41) is 0. The van der Waals surface area contributed by atoms with Gasteiger partial charge in [0.2, 0.25) is 0 Å². The molecule has 0 aromatic heterocycles. The molecule has 0 atom stereocenters. The lowest BCUT2D eigenvalue weighted by molar-refractivity contribution is 0.0949. The molecular formula is C21H21O6P. The SMILES string of the molecule is COc1cccc(C(OP(=O)(O)O)(c2ccccc2)c2ccccc2)c1OC. The Bertz CT molecular complexity index is 929. The summed E-state index contributed by atoms with van der Waals surface area (Å²) < 4.78 is 28.7. The van der Waals surface area contributed by atoms with Crippen molar-refractivity contribution in [3.8, 4) is 11.5 Å². The predicted molar refractivity (Wildman–Crippen MR) is 105 cm³/mol. The number of rotatable bonds is 7. The summed E-state index contributed by atoms with van der Waals surface area (Å²) in [4.78, 5) is 19.7. The van der Waals surface area contributed by atoms with Crippen LogP contribution in [0.5, 0.6) is 11.5 Å². The van der Waals surface area contributed by atoms with Gasteiger partial charge in [-0.3, -0.25) is 4.52 Å². The van der Waals surface area contributed by atoms with Gasteiger partial charge in [0.1, 0.15) is 0 Å². The Kier molecular flexibility index (Phi) is 5.87. The molecule has 0 radical (unpaired) electrons. The maximum absolute atomic E-state index is 12.1. The van der Waals surface area contributed by atoms with Crippen LogP contribution in [0.3, 0.4) is 0 Å². The fraction of sp³-hybridized carbons (Fsp3) is 0.143. The minimum Gasteiger partial charge on any atom is -0.493 e. The molecule has 146 valence electrons. The highest BCUT2D eigenvalue weighted by molar-refractivity contribution is 7.46. The van der Waals surface area contributed by atoms with E-state index in [0.29, 0.717) is 28.2 Å². The van der Waals surface area contributed by atoms with Gasteiger partial charge in [0, 0.05) is 5.56 Å². The number of phosphoric acid groups is 1. The van der Waals surface area contributed by atoms with Crippen molar-refractivity contribution in [3.05, 3.63) is 95.6 Å². The van der Waals surface area contributed by atoms with Gasteiger partial charge in [-0.05, 0) is 17.2 Å². The van der Waals surface area contributed by atoms with Crippen molar-refractivity contribution in [2.24, 2.45) is 0 Å². The van der Waals surface area contributed by atoms with E-state index in [1.165, 1.54) is 14.2 Å². The van der Waals surface area contributed by atoms with Crippen LogP contribution in [-0.4, -0.2) is 24.0 Å². The highest BCUT2D eigenvalue weighted by atomic mass is 31.2. The van der Waals surface area contributed by atoms with E-state index < -0.39 is 13.4 Å². The Morgan fingerprint density at radius 2 is 1.29 bits per heavy atom. The quantitative estimate of drug-likeness (QED) is 0.459. The van der Waals surface area contributed by atoms with Gasteiger partial charge in [-0.15, -0.1) is 0 Å². The molecule has 0 aliphatic heterocycles. The third kappa shape index (κ3) is 3.81. The van der Waals surface area contributed by atoms with Gasteiger partial charge in [0.05, 0.1) is 14.2 Å². The average Bonchev–Trinajstić information content (AvgIpc) is 2.72. The van der Waals surface area contributed by atoms with E-state index in [2.05, 4.69) is 0 Å². The van der Waals surface area contributed by atoms with Crippen LogP contribution in [0, 0.1) is 0 Å². The van der Waals surface area contributed by atoms with Crippen molar-refractivity contribution in [3.63, 3.8) is 0 Å². The number of methoxy groups -OCH3 is 2. The molecule has 3 aromatic carbocycles. The van der Waals surface area contributed by atoms with Crippen LogP contribution >= 0.6 is 7.82 Å². The maximum Gasteiger partial charge on any atom is 0.471 e. The summed E-state index contributed by atoms with van der Waals surface area (Å²) >= 11 is 0. The van der Waals surface area contributed by atoms with Gasteiger partial charge >= 0.3 is 7.82 Å². The zero-order chi connectivity index (χ0) is 20.2. The molecule has 0 amide bonds. The van der Waals surface area contributed by atoms with E-state index in [9.17, 15) is 14.4 Å². The molecule has 0 unspecified atom stereocenters. The van der Waals surface area contributed by atoms with Crippen LogP contribution < -0.4 is 9.47 Å². The second-order valence-corrected chi connectivity index (χ2v) is 7.20. The Balaban J connectivity index is 2.45. The third-order valence-corrected chi connectivity index (χ3v) is 4.91. The van der Waals surface area contributed by atoms with Crippen LogP contribution in [-0.2, 0) is 14.7 Å². The van der Waals surface area contributed by atoms with Crippen LogP contribution in [0.1, 0.15) is 16.7 Å². The van der Waals surface area contributed by atoms with E-state index in [1.807, 2.05) is 12.1 Å². The van der Waals surface area contributed by atoms with Gasteiger partial charge in [0.25, 0.3) is 0 Å². The number of hydrogen-bond donors (Lipinski definition) is 2. The summed E-state index contributed by atoms with van der Waals surface area (Å²) in [6.07, 6.45) is 0. The van der Waals surface area contributed by atoms with E-state index in [1.54, 1.807) is 66.7 Å². The van der Waals surface area contributed by atoms with Gasteiger partial charge in [-0.2, -0.15) is 0 Å². The lowest BCUT2D eigenvalue weighted by atomic mass is 9.80. The molecule has 0 heterocycles. The molecule has 28 heavy (non-hydrogen) atoms. The second kappa shape index (κ2) is 8.17. The largest absolute Gasteiger partial charge is 0.493 e. The minimum atomic E-state index is -4.93.